The number of nitrogens with zero attached hydrogens (tertiary/aromatic N) is 1. The van der Waals surface area contributed by atoms with E-state index in [-0.39, 0.29) is 5.56 Å². The summed E-state index contributed by atoms with van der Waals surface area (Å²) in [5.74, 6) is -0.765. The minimum Gasteiger partial charge on any atom is -0.379 e. The van der Waals surface area contributed by atoms with Gasteiger partial charge in [-0.3, -0.25) is 4.79 Å². The predicted octanol–water partition coefficient (Wildman–Crippen LogP) is 1.62. The van der Waals surface area contributed by atoms with Crippen molar-refractivity contribution >= 4 is 5.91 Å². The summed E-state index contributed by atoms with van der Waals surface area (Å²) in [7, 11) is 0. The summed E-state index contributed by atoms with van der Waals surface area (Å²) in [6.45, 7) is 5.52. The van der Waals surface area contributed by atoms with E-state index in [9.17, 15) is 9.18 Å². The van der Waals surface area contributed by atoms with E-state index in [0.717, 1.165) is 0 Å². The number of carbonyl (C=O) groups excluding carboxylic acids is 1. The monoisotopic (exact) mass is 240 g/mol. The average Bonchev–Trinajstić information content (AvgIpc) is 2.28. The predicted molar refractivity (Wildman–Crippen MR) is 62.2 cm³/mol. The lowest BCUT2D eigenvalue weighted by Gasteiger charge is -2.08. The molecule has 1 aromatic rings. The Bertz CT molecular complexity index is 369. The number of aromatic nitrogens is 1. The van der Waals surface area contributed by atoms with E-state index in [4.69, 9.17) is 4.74 Å². The molecule has 0 atom stereocenters. The lowest BCUT2D eigenvalue weighted by atomic mass is 10.2. The molecule has 1 heterocycles. The molecule has 1 aromatic heterocycles. The highest BCUT2D eigenvalue weighted by Crippen LogP contribution is 2.02. The zero-order valence-corrected chi connectivity index (χ0v) is 10.1. The zero-order chi connectivity index (χ0) is 12.7. The Morgan fingerprint density at radius 2 is 2.35 bits per heavy atom. The van der Waals surface area contributed by atoms with Crippen LogP contribution in [0.2, 0.25) is 0 Å². The van der Waals surface area contributed by atoms with Crippen LogP contribution in [0.3, 0.4) is 0 Å². The van der Waals surface area contributed by atoms with Gasteiger partial charge in [-0.25, -0.2) is 4.98 Å². The average molecular weight is 240 g/mol. The molecule has 5 heteroatoms. The molecule has 0 aromatic carbocycles. The summed E-state index contributed by atoms with van der Waals surface area (Å²) >= 11 is 0. The van der Waals surface area contributed by atoms with Crippen molar-refractivity contribution in [3.8, 4) is 0 Å². The number of nitrogens with one attached hydrogen (secondary N) is 1. The number of carbonyl (C=O) groups is 1. The Hall–Kier alpha value is -1.49. The van der Waals surface area contributed by atoms with E-state index >= 15 is 0 Å². The molecule has 94 valence electrons. The van der Waals surface area contributed by atoms with E-state index in [1.165, 1.54) is 18.3 Å². The topological polar surface area (TPSA) is 51.2 Å². The Kier molecular flexibility index (Phi) is 5.56. The van der Waals surface area contributed by atoms with Gasteiger partial charge >= 0.3 is 0 Å². The quantitative estimate of drug-likeness (QED) is 0.607. The fourth-order valence-corrected chi connectivity index (χ4v) is 1.21. The van der Waals surface area contributed by atoms with Gasteiger partial charge in [0.05, 0.1) is 12.2 Å². The van der Waals surface area contributed by atoms with Gasteiger partial charge in [-0.2, -0.15) is 4.39 Å². The van der Waals surface area contributed by atoms with Crippen molar-refractivity contribution in [2.24, 2.45) is 5.92 Å². The lowest BCUT2D eigenvalue weighted by molar-refractivity contribution is 0.0882. The first-order chi connectivity index (χ1) is 8.11. The van der Waals surface area contributed by atoms with Crippen LogP contribution in [0.5, 0.6) is 0 Å². The van der Waals surface area contributed by atoms with Gasteiger partial charge in [-0.15, -0.1) is 0 Å². The maximum atomic E-state index is 13.1. The molecule has 1 rings (SSSR count). The van der Waals surface area contributed by atoms with E-state index in [1.807, 2.05) is 13.8 Å². The Balaban J connectivity index is 2.29. The van der Waals surface area contributed by atoms with E-state index < -0.39 is 11.9 Å². The summed E-state index contributed by atoms with van der Waals surface area (Å²) in [6.07, 6.45) is 1.30. The molecule has 0 spiro atoms. The molecule has 0 saturated carbocycles. The maximum absolute atomic E-state index is 13.1. The van der Waals surface area contributed by atoms with Crippen molar-refractivity contribution in [1.82, 2.24) is 10.3 Å². The molecule has 0 aliphatic carbocycles. The van der Waals surface area contributed by atoms with Crippen LogP contribution in [-0.2, 0) is 4.74 Å². The summed E-state index contributed by atoms with van der Waals surface area (Å²) in [5.41, 5.74) is -0.0450. The molecule has 0 bridgehead atoms. The number of pyridine rings is 1. The van der Waals surface area contributed by atoms with E-state index in [1.54, 1.807) is 0 Å². The molecular formula is C12H17FN2O2. The lowest BCUT2D eigenvalue weighted by Crippen LogP contribution is -2.28. The highest BCUT2D eigenvalue weighted by Gasteiger charge is 2.10. The van der Waals surface area contributed by atoms with Crippen LogP contribution in [0.25, 0.3) is 0 Å². The van der Waals surface area contributed by atoms with Crippen molar-refractivity contribution < 1.29 is 13.9 Å². The van der Waals surface area contributed by atoms with Crippen LogP contribution < -0.4 is 5.32 Å². The van der Waals surface area contributed by atoms with Crippen molar-refractivity contribution in [3.63, 3.8) is 0 Å². The number of hydrogen-bond acceptors (Lipinski definition) is 3. The number of hydrogen-bond donors (Lipinski definition) is 1. The van der Waals surface area contributed by atoms with Gasteiger partial charge in [0.25, 0.3) is 5.91 Å². The highest BCUT2D eigenvalue weighted by molar-refractivity contribution is 5.94. The minimum absolute atomic E-state index is 0.0450. The van der Waals surface area contributed by atoms with Crippen molar-refractivity contribution in [2.45, 2.75) is 13.8 Å². The van der Waals surface area contributed by atoms with Gasteiger partial charge in [-0.05, 0) is 18.1 Å². The molecule has 1 amide bonds. The van der Waals surface area contributed by atoms with Crippen LogP contribution in [0, 0.1) is 11.9 Å². The maximum Gasteiger partial charge on any atom is 0.256 e. The Morgan fingerprint density at radius 3 is 3.00 bits per heavy atom. The third kappa shape index (κ3) is 4.91. The normalized spacial score (nSPS) is 10.6. The molecular weight excluding hydrogens is 223 g/mol. The molecule has 0 unspecified atom stereocenters. The third-order valence-electron chi connectivity index (χ3n) is 1.99. The first-order valence-electron chi connectivity index (χ1n) is 5.57. The van der Waals surface area contributed by atoms with E-state index in [2.05, 4.69) is 10.3 Å². The largest absolute Gasteiger partial charge is 0.379 e. The minimum atomic E-state index is -0.756. The van der Waals surface area contributed by atoms with Gasteiger partial charge in [0.15, 0.2) is 0 Å². The Labute approximate surface area is 100 Å². The van der Waals surface area contributed by atoms with Crippen molar-refractivity contribution in [3.05, 3.63) is 29.8 Å². The van der Waals surface area contributed by atoms with E-state index in [0.29, 0.717) is 25.7 Å². The summed E-state index contributed by atoms with van der Waals surface area (Å²) in [6, 6.07) is 2.92. The highest BCUT2D eigenvalue weighted by atomic mass is 19.1. The van der Waals surface area contributed by atoms with Crippen LogP contribution in [0.4, 0.5) is 4.39 Å². The second-order valence-electron chi connectivity index (χ2n) is 4.07. The van der Waals surface area contributed by atoms with Crippen molar-refractivity contribution in [2.75, 3.05) is 19.8 Å². The van der Waals surface area contributed by atoms with Gasteiger partial charge in [0.1, 0.15) is 0 Å². The fraction of sp³-hybridized carbons (Fsp3) is 0.500. The molecule has 0 aliphatic heterocycles. The SMILES string of the molecule is CC(C)COCCNC(=O)c1cccnc1F. The number of ether oxygens (including phenoxy) is 1. The van der Waals surface area contributed by atoms with Gasteiger partial charge in [-0.1, -0.05) is 13.8 Å². The van der Waals surface area contributed by atoms with Crippen molar-refractivity contribution in [1.29, 1.82) is 0 Å². The molecule has 0 radical (unpaired) electrons. The first-order valence-corrected chi connectivity index (χ1v) is 5.57. The molecule has 4 nitrogen and oxygen atoms in total. The number of amides is 1. The number of rotatable bonds is 6. The fourth-order valence-electron chi connectivity index (χ4n) is 1.21. The standard InChI is InChI=1S/C12H17FN2O2/c1-9(2)8-17-7-6-15-12(16)10-4-3-5-14-11(10)13/h3-5,9H,6-8H2,1-2H3,(H,15,16). The molecule has 17 heavy (non-hydrogen) atoms. The summed E-state index contributed by atoms with van der Waals surface area (Å²) in [4.78, 5) is 14.9. The smallest absolute Gasteiger partial charge is 0.256 e. The van der Waals surface area contributed by atoms with Crippen LogP contribution in [0.15, 0.2) is 18.3 Å². The van der Waals surface area contributed by atoms with Crippen LogP contribution in [-0.4, -0.2) is 30.6 Å². The molecule has 0 saturated heterocycles. The molecule has 1 N–H and O–H groups in total. The summed E-state index contributed by atoms with van der Waals surface area (Å²) in [5, 5.41) is 2.57. The Morgan fingerprint density at radius 1 is 1.59 bits per heavy atom. The summed E-state index contributed by atoms with van der Waals surface area (Å²) < 4.78 is 18.4. The number of halogens is 1. The molecule has 0 aliphatic rings. The first kappa shape index (κ1) is 13.6. The third-order valence-corrected chi connectivity index (χ3v) is 1.99. The molecule has 0 fully saturated rings. The van der Waals surface area contributed by atoms with Crippen LogP contribution >= 0.6 is 0 Å². The second kappa shape index (κ2) is 6.96. The van der Waals surface area contributed by atoms with Crippen LogP contribution in [0.1, 0.15) is 24.2 Å². The zero-order valence-electron chi connectivity index (χ0n) is 10.1. The van der Waals surface area contributed by atoms with Gasteiger partial charge < -0.3 is 10.1 Å². The van der Waals surface area contributed by atoms with Gasteiger partial charge in [0.2, 0.25) is 5.95 Å². The second-order valence-corrected chi connectivity index (χ2v) is 4.07. The van der Waals surface area contributed by atoms with Gasteiger partial charge in [0, 0.05) is 19.3 Å².